The SMILES string of the molecule is CC1CC(C)CN(CCCN=C(N)Nc2ccccc2)C1. The number of benzene rings is 1. The molecular weight excluding hydrogens is 260 g/mol. The van der Waals surface area contributed by atoms with E-state index in [1.807, 2.05) is 30.3 Å². The van der Waals surface area contributed by atoms with E-state index in [0.717, 1.165) is 37.0 Å². The number of para-hydroxylation sites is 1. The quantitative estimate of drug-likeness (QED) is 0.497. The molecule has 0 aliphatic carbocycles. The van der Waals surface area contributed by atoms with Crippen LogP contribution < -0.4 is 11.1 Å². The molecule has 4 heteroatoms. The molecule has 3 N–H and O–H groups in total. The summed E-state index contributed by atoms with van der Waals surface area (Å²) in [7, 11) is 0. The van der Waals surface area contributed by atoms with E-state index < -0.39 is 0 Å². The van der Waals surface area contributed by atoms with Gasteiger partial charge in [-0.3, -0.25) is 4.99 Å². The number of aliphatic imine (C=N–C) groups is 1. The summed E-state index contributed by atoms with van der Waals surface area (Å²) >= 11 is 0. The van der Waals surface area contributed by atoms with Crippen LogP contribution in [0.3, 0.4) is 0 Å². The summed E-state index contributed by atoms with van der Waals surface area (Å²) in [6, 6.07) is 9.92. The first-order valence-corrected chi connectivity index (χ1v) is 7.98. The predicted octanol–water partition coefficient (Wildman–Crippen LogP) is 2.78. The second kappa shape index (κ2) is 8.03. The maximum absolute atomic E-state index is 5.89. The smallest absolute Gasteiger partial charge is 0.193 e. The van der Waals surface area contributed by atoms with Gasteiger partial charge in [0.05, 0.1) is 0 Å². The Labute approximate surface area is 128 Å². The molecule has 4 nitrogen and oxygen atoms in total. The van der Waals surface area contributed by atoms with Crippen molar-refractivity contribution in [2.75, 3.05) is 31.5 Å². The molecule has 2 atom stereocenters. The van der Waals surface area contributed by atoms with Crippen LogP contribution in [0.5, 0.6) is 0 Å². The second-order valence-electron chi connectivity index (χ2n) is 6.32. The van der Waals surface area contributed by atoms with Gasteiger partial charge in [0.2, 0.25) is 0 Å². The van der Waals surface area contributed by atoms with E-state index in [1.165, 1.54) is 19.5 Å². The third-order valence-corrected chi connectivity index (χ3v) is 3.91. The molecule has 0 amide bonds. The highest BCUT2D eigenvalue weighted by atomic mass is 15.1. The van der Waals surface area contributed by atoms with Crippen molar-refractivity contribution in [3.63, 3.8) is 0 Å². The van der Waals surface area contributed by atoms with Crippen LogP contribution in [0.15, 0.2) is 35.3 Å². The number of guanidine groups is 1. The molecule has 0 bridgehead atoms. The number of hydrogen-bond donors (Lipinski definition) is 2. The molecule has 1 aliphatic rings. The fourth-order valence-corrected chi connectivity index (χ4v) is 3.18. The molecule has 0 aromatic heterocycles. The molecule has 21 heavy (non-hydrogen) atoms. The Morgan fingerprint density at radius 1 is 1.24 bits per heavy atom. The second-order valence-corrected chi connectivity index (χ2v) is 6.32. The Morgan fingerprint density at radius 3 is 2.57 bits per heavy atom. The van der Waals surface area contributed by atoms with E-state index in [9.17, 15) is 0 Å². The lowest BCUT2D eigenvalue weighted by Gasteiger charge is -2.34. The van der Waals surface area contributed by atoms with Crippen LogP contribution in [-0.4, -0.2) is 37.0 Å². The Hall–Kier alpha value is -1.55. The van der Waals surface area contributed by atoms with Crippen LogP contribution >= 0.6 is 0 Å². The summed E-state index contributed by atoms with van der Waals surface area (Å²) in [5.41, 5.74) is 6.88. The maximum Gasteiger partial charge on any atom is 0.193 e. The lowest BCUT2D eigenvalue weighted by Crippen LogP contribution is -2.39. The number of nitrogens with zero attached hydrogens (tertiary/aromatic N) is 2. The lowest BCUT2D eigenvalue weighted by molar-refractivity contribution is 0.140. The fraction of sp³-hybridized carbons (Fsp3) is 0.588. The summed E-state index contributed by atoms with van der Waals surface area (Å²) in [5.74, 6) is 2.14. The van der Waals surface area contributed by atoms with Crippen molar-refractivity contribution in [3.05, 3.63) is 30.3 Å². The Kier molecular flexibility index (Phi) is 6.05. The molecule has 1 fully saturated rings. The Morgan fingerprint density at radius 2 is 1.90 bits per heavy atom. The van der Waals surface area contributed by atoms with Crippen molar-refractivity contribution in [2.45, 2.75) is 26.7 Å². The molecule has 1 aromatic rings. The van der Waals surface area contributed by atoms with Gasteiger partial charge in [0.1, 0.15) is 0 Å². The first-order chi connectivity index (χ1) is 10.1. The molecule has 1 saturated heterocycles. The van der Waals surface area contributed by atoms with Gasteiger partial charge in [-0.1, -0.05) is 32.0 Å². The van der Waals surface area contributed by atoms with Gasteiger partial charge in [-0.05, 0) is 43.4 Å². The zero-order valence-electron chi connectivity index (χ0n) is 13.3. The molecule has 116 valence electrons. The number of hydrogen-bond acceptors (Lipinski definition) is 2. The minimum atomic E-state index is 0.501. The van der Waals surface area contributed by atoms with Crippen LogP contribution in [0.2, 0.25) is 0 Å². The molecule has 2 unspecified atom stereocenters. The van der Waals surface area contributed by atoms with Crippen LogP contribution in [0.4, 0.5) is 5.69 Å². The highest BCUT2D eigenvalue weighted by molar-refractivity contribution is 5.92. The van der Waals surface area contributed by atoms with Crippen LogP contribution in [0, 0.1) is 11.8 Å². The monoisotopic (exact) mass is 288 g/mol. The van der Waals surface area contributed by atoms with Crippen molar-refractivity contribution in [3.8, 4) is 0 Å². The normalized spacial score (nSPS) is 24.0. The number of piperidine rings is 1. The first kappa shape index (κ1) is 15.8. The van der Waals surface area contributed by atoms with Crippen LogP contribution in [0.25, 0.3) is 0 Å². The zero-order chi connectivity index (χ0) is 15.1. The maximum atomic E-state index is 5.89. The minimum Gasteiger partial charge on any atom is -0.370 e. The highest BCUT2D eigenvalue weighted by Gasteiger charge is 2.20. The number of nitrogens with two attached hydrogens (primary N) is 1. The average molecular weight is 288 g/mol. The number of nitrogens with one attached hydrogen (secondary N) is 1. The number of likely N-dealkylation sites (tertiary alicyclic amines) is 1. The molecule has 1 heterocycles. The molecule has 0 spiro atoms. The van der Waals surface area contributed by atoms with E-state index in [0.29, 0.717) is 5.96 Å². The van der Waals surface area contributed by atoms with E-state index in [2.05, 4.69) is 29.1 Å². The van der Waals surface area contributed by atoms with Gasteiger partial charge in [-0.2, -0.15) is 0 Å². The fourth-order valence-electron chi connectivity index (χ4n) is 3.18. The number of anilines is 1. The van der Waals surface area contributed by atoms with E-state index >= 15 is 0 Å². The molecule has 0 saturated carbocycles. The summed E-state index contributed by atoms with van der Waals surface area (Å²) in [6.07, 6.45) is 2.43. The van der Waals surface area contributed by atoms with Crippen molar-refractivity contribution in [2.24, 2.45) is 22.6 Å². The van der Waals surface area contributed by atoms with Crippen LogP contribution in [-0.2, 0) is 0 Å². The minimum absolute atomic E-state index is 0.501. The largest absolute Gasteiger partial charge is 0.370 e. The molecule has 0 radical (unpaired) electrons. The zero-order valence-corrected chi connectivity index (χ0v) is 13.3. The van der Waals surface area contributed by atoms with Crippen molar-refractivity contribution >= 4 is 11.6 Å². The number of rotatable bonds is 5. The molecule has 1 aliphatic heterocycles. The van der Waals surface area contributed by atoms with E-state index in [1.54, 1.807) is 0 Å². The summed E-state index contributed by atoms with van der Waals surface area (Å²) in [6.45, 7) is 9.06. The predicted molar refractivity (Wildman–Crippen MR) is 90.6 cm³/mol. The van der Waals surface area contributed by atoms with Crippen molar-refractivity contribution < 1.29 is 0 Å². The topological polar surface area (TPSA) is 53.6 Å². The average Bonchev–Trinajstić information content (AvgIpc) is 2.44. The van der Waals surface area contributed by atoms with Gasteiger partial charge in [0.25, 0.3) is 0 Å². The highest BCUT2D eigenvalue weighted by Crippen LogP contribution is 2.20. The van der Waals surface area contributed by atoms with Gasteiger partial charge >= 0.3 is 0 Å². The molecular formula is C17H28N4. The third kappa shape index (κ3) is 5.76. The van der Waals surface area contributed by atoms with Gasteiger partial charge in [0, 0.05) is 25.3 Å². The van der Waals surface area contributed by atoms with Crippen molar-refractivity contribution in [1.82, 2.24) is 4.90 Å². The molecule has 1 aromatic carbocycles. The standard InChI is InChI=1S/C17H28N4/c1-14-11-15(2)13-21(12-14)10-6-9-19-17(18)20-16-7-4-3-5-8-16/h3-5,7-8,14-15H,6,9-13H2,1-2H3,(H3,18,19,20). The summed E-state index contributed by atoms with van der Waals surface area (Å²) in [5, 5.41) is 3.11. The summed E-state index contributed by atoms with van der Waals surface area (Å²) < 4.78 is 0. The summed E-state index contributed by atoms with van der Waals surface area (Å²) in [4.78, 5) is 6.96. The third-order valence-electron chi connectivity index (χ3n) is 3.91. The van der Waals surface area contributed by atoms with Gasteiger partial charge in [-0.15, -0.1) is 0 Å². The lowest BCUT2D eigenvalue weighted by atomic mass is 9.92. The first-order valence-electron chi connectivity index (χ1n) is 7.98. The Bertz CT molecular complexity index is 433. The van der Waals surface area contributed by atoms with Crippen LogP contribution in [0.1, 0.15) is 26.7 Å². The molecule has 2 rings (SSSR count). The van der Waals surface area contributed by atoms with Crippen molar-refractivity contribution in [1.29, 1.82) is 0 Å². The van der Waals surface area contributed by atoms with E-state index in [4.69, 9.17) is 5.73 Å². The van der Waals surface area contributed by atoms with Gasteiger partial charge in [0.15, 0.2) is 5.96 Å². The van der Waals surface area contributed by atoms with E-state index in [-0.39, 0.29) is 0 Å². The van der Waals surface area contributed by atoms with Gasteiger partial charge < -0.3 is 16.0 Å². The van der Waals surface area contributed by atoms with Gasteiger partial charge in [-0.25, -0.2) is 0 Å². The Balaban J connectivity index is 1.67.